The molecule has 53 heavy (non-hydrogen) atoms. The minimum absolute atomic E-state index is 0.0310. The summed E-state index contributed by atoms with van der Waals surface area (Å²) >= 11 is 0. The third-order valence-electron chi connectivity index (χ3n) is 12.3. The maximum atomic E-state index is 15.0. The number of carbonyl (C=O) groups is 4. The lowest BCUT2D eigenvalue weighted by Gasteiger charge is -2.56. The summed E-state index contributed by atoms with van der Waals surface area (Å²) in [5, 5.41) is 11.9. The van der Waals surface area contributed by atoms with Crippen LogP contribution in [0.5, 0.6) is 17.2 Å². The first-order chi connectivity index (χ1) is 24.9. The molecule has 4 heterocycles. The van der Waals surface area contributed by atoms with Crippen LogP contribution < -0.4 is 15.2 Å². The number of primary amides is 1. The van der Waals surface area contributed by atoms with Crippen LogP contribution in [0.2, 0.25) is 0 Å². The van der Waals surface area contributed by atoms with Gasteiger partial charge in [-0.3, -0.25) is 19.2 Å². The van der Waals surface area contributed by atoms with E-state index in [0.29, 0.717) is 66.7 Å². The quantitative estimate of drug-likeness (QED) is 0.213. The van der Waals surface area contributed by atoms with Crippen LogP contribution in [-0.2, 0) is 25.5 Å². The summed E-state index contributed by atoms with van der Waals surface area (Å²) in [5.74, 6) is -2.06. The number of phenolic OH excluding ortho intramolecular Hbond substituents is 1. The molecule has 282 valence electrons. The fourth-order valence-electron chi connectivity index (χ4n) is 9.70. The number of ketones is 2. The monoisotopic (exact) mass is 724 g/mol. The lowest BCUT2D eigenvalue weighted by molar-refractivity contribution is -0.171. The van der Waals surface area contributed by atoms with E-state index in [1.165, 1.54) is 10.5 Å². The van der Waals surface area contributed by atoms with Crippen LogP contribution in [0.3, 0.4) is 0 Å². The lowest BCUT2D eigenvalue weighted by Crippen LogP contribution is -2.72. The highest BCUT2D eigenvalue weighted by atomic mass is 16.6. The summed E-state index contributed by atoms with van der Waals surface area (Å²) in [6.45, 7) is 16.0. The normalized spacial score (nSPS) is 31.5. The van der Waals surface area contributed by atoms with Gasteiger partial charge >= 0.3 is 0 Å². The van der Waals surface area contributed by atoms with Gasteiger partial charge in [0.05, 0.1) is 11.2 Å². The second-order valence-corrected chi connectivity index (χ2v) is 17.0. The largest absolute Gasteiger partial charge is 0.506 e. The minimum Gasteiger partial charge on any atom is -0.506 e. The number of hydrogen-bond donors (Lipinski definition) is 2. The Hall–Kier alpha value is -4.44. The molecule has 2 saturated heterocycles. The summed E-state index contributed by atoms with van der Waals surface area (Å²) in [4.78, 5) is 57.0. The fourth-order valence-corrected chi connectivity index (χ4v) is 9.70. The second kappa shape index (κ2) is 12.6. The number of ether oxygens (including phenoxy) is 3. The third kappa shape index (κ3) is 5.45. The molecule has 4 bridgehead atoms. The molecule has 4 aliphatic heterocycles. The Balaban J connectivity index is 1.38. The molecule has 1 aromatic carbocycles. The van der Waals surface area contributed by atoms with Crippen molar-refractivity contribution in [2.24, 2.45) is 17.6 Å². The molecule has 3 fully saturated rings. The number of carbonyl (C=O) groups excluding carboxylic acids is 4. The summed E-state index contributed by atoms with van der Waals surface area (Å²) in [6, 6.07) is -0.685. The van der Waals surface area contributed by atoms with Crippen molar-refractivity contribution < 1.29 is 38.5 Å². The third-order valence-corrected chi connectivity index (χ3v) is 12.3. The van der Waals surface area contributed by atoms with Gasteiger partial charge in [0.1, 0.15) is 34.5 Å². The number of fused-ring (bicyclic) bond motifs is 2. The van der Waals surface area contributed by atoms with E-state index in [0.717, 1.165) is 12.0 Å². The van der Waals surface area contributed by atoms with Gasteiger partial charge in [0.25, 0.3) is 0 Å². The molecule has 1 saturated carbocycles. The molecule has 1 spiro atoms. The molecule has 8 rings (SSSR count). The molecule has 6 atom stereocenters. The number of amides is 2. The number of nitrogens with zero attached hydrogens (tertiary/aromatic N) is 1. The molecule has 0 aromatic heterocycles. The summed E-state index contributed by atoms with van der Waals surface area (Å²) in [7, 11) is 0. The zero-order valence-corrected chi connectivity index (χ0v) is 32.2. The number of nitrogens with two attached hydrogens (primary N) is 1. The highest BCUT2D eigenvalue weighted by Gasteiger charge is 2.81. The molecule has 6 unspecified atom stereocenters. The summed E-state index contributed by atoms with van der Waals surface area (Å²) < 4.78 is 21.0. The molecule has 3 aliphatic carbocycles. The van der Waals surface area contributed by atoms with Crippen LogP contribution >= 0.6 is 0 Å². The summed E-state index contributed by atoms with van der Waals surface area (Å²) in [6.07, 6.45) is 14.8. The number of Topliss-reactive ketones (excluding diaryl/α,β-unsaturated/α-hetero) is 2. The van der Waals surface area contributed by atoms with Gasteiger partial charge in [-0.2, -0.15) is 0 Å². The van der Waals surface area contributed by atoms with Gasteiger partial charge in [0, 0.05) is 41.5 Å². The number of allylic oxidation sites excluding steroid dienone is 5. The van der Waals surface area contributed by atoms with Crippen LogP contribution in [-0.4, -0.2) is 68.4 Å². The molecular formula is C43H52N2O8. The molecular weight excluding hydrogens is 672 g/mol. The number of aromatic hydroxyl groups is 1. The zero-order chi connectivity index (χ0) is 38.4. The van der Waals surface area contributed by atoms with E-state index < -0.39 is 52.0 Å². The van der Waals surface area contributed by atoms with Gasteiger partial charge in [0.2, 0.25) is 11.8 Å². The van der Waals surface area contributed by atoms with Crippen LogP contribution in [0.15, 0.2) is 52.7 Å². The smallest absolute Gasteiger partial charge is 0.249 e. The van der Waals surface area contributed by atoms with Gasteiger partial charge in [-0.25, -0.2) is 0 Å². The first-order valence-electron chi connectivity index (χ1n) is 18.9. The molecule has 10 nitrogen and oxygen atoms in total. The van der Waals surface area contributed by atoms with Crippen molar-refractivity contribution in [3.63, 3.8) is 0 Å². The Labute approximate surface area is 311 Å². The maximum absolute atomic E-state index is 15.0. The van der Waals surface area contributed by atoms with Gasteiger partial charge < -0.3 is 30.0 Å². The topological polar surface area (TPSA) is 145 Å². The first-order valence-corrected chi connectivity index (χ1v) is 18.9. The molecule has 3 N–H and O–H groups in total. The predicted octanol–water partition coefficient (Wildman–Crippen LogP) is 6.63. The maximum Gasteiger partial charge on any atom is 0.249 e. The first kappa shape index (κ1) is 36.9. The average Bonchev–Trinajstić information content (AvgIpc) is 3.63. The standard InChI is InChI=1S/C43H52N2O8/c1-23(2)11-9-17-41(8)18-16-27-33(46)32-34(47)29-21-26-22-31-40(6,7)53-42(37(26)48,19-15-25(5)39(50)45-20-10-12-30(45)38(44)49)43(29,31)52-36(32)28(35(27)51-41)14-13-24(3)4/h11,13,15-16,18,21,26,30-31,46H,9-10,12,14,17,19-20,22H2,1-8H3,(H2,44,49). The van der Waals surface area contributed by atoms with Crippen molar-refractivity contribution >= 4 is 29.5 Å². The molecule has 2 amide bonds. The van der Waals surface area contributed by atoms with Crippen molar-refractivity contribution in [3.05, 3.63) is 69.4 Å². The van der Waals surface area contributed by atoms with Crippen LogP contribution in [0.1, 0.15) is 115 Å². The lowest BCUT2D eigenvalue weighted by atomic mass is 9.51. The van der Waals surface area contributed by atoms with Crippen molar-refractivity contribution in [1.29, 1.82) is 0 Å². The van der Waals surface area contributed by atoms with Crippen molar-refractivity contribution in [2.45, 2.75) is 129 Å². The van der Waals surface area contributed by atoms with Gasteiger partial charge in [-0.1, -0.05) is 35.5 Å². The molecule has 10 heteroatoms. The fraction of sp³-hybridized carbons (Fsp3) is 0.535. The number of rotatable bonds is 9. The van der Waals surface area contributed by atoms with Crippen LogP contribution in [0, 0.1) is 11.8 Å². The van der Waals surface area contributed by atoms with Gasteiger partial charge in [-0.05, 0) is 106 Å². The van der Waals surface area contributed by atoms with E-state index in [1.807, 2.05) is 52.8 Å². The van der Waals surface area contributed by atoms with E-state index in [-0.39, 0.29) is 35.2 Å². The number of phenols is 1. The molecule has 1 aromatic rings. The second-order valence-electron chi connectivity index (χ2n) is 17.0. The predicted molar refractivity (Wildman–Crippen MR) is 201 cm³/mol. The number of hydrogen-bond acceptors (Lipinski definition) is 8. The van der Waals surface area contributed by atoms with Crippen LogP contribution in [0.4, 0.5) is 0 Å². The highest BCUT2D eigenvalue weighted by Crippen LogP contribution is 2.68. The van der Waals surface area contributed by atoms with E-state index in [9.17, 15) is 24.3 Å². The summed E-state index contributed by atoms with van der Waals surface area (Å²) in [5.41, 5.74) is 4.88. The Kier molecular flexibility index (Phi) is 8.75. The van der Waals surface area contributed by atoms with Gasteiger partial charge in [0.15, 0.2) is 22.8 Å². The Bertz CT molecular complexity index is 1990. The SMILES string of the molecule is CC(C)=CCCC1(C)C=Cc2c(O)c3c(c(CC=C(C)C)c2O1)OC12C(=CC4CC1C(C)(C)OC2(CC=C(C)C(=O)N1CCCC1C(N)=O)C4=O)C3=O. The Morgan fingerprint density at radius 2 is 1.74 bits per heavy atom. The molecule has 0 radical (unpaired) electrons. The highest BCUT2D eigenvalue weighted by molar-refractivity contribution is 6.19. The van der Waals surface area contributed by atoms with Crippen molar-refractivity contribution in [1.82, 2.24) is 4.90 Å². The van der Waals surface area contributed by atoms with E-state index >= 15 is 0 Å². The van der Waals surface area contributed by atoms with Crippen LogP contribution in [0.25, 0.3) is 6.08 Å². The van der Waals surface area contributed by atoms with Crippen molar-refractivity contribution in [2.75, 3.05) is 6.54 Å². The minimum atomic E-state index is -1.64. The molecule has 7 aliphatic rings. The average molecular weight is 725 g/mol. The van der Waals surface area contributed by atoms with E-state index in [1.54, 1.807) is 19.1 Å². The number of likely N-dealkylation sites (tertiary alicyclic amines) is 1. The van der Waals surface area contributed by atoms with Crippen molar-refractivity contribution in [3.8, 4) is 17.2 Å². The zero-order valence-electron chi connectivity index (χ0n) is 32.2. The Morgan fingerprint density at radius 3 is 2.42 bits per heavy atom. The Morgan fingerprint density at radius 1 is 1.02 bits per heavy atom. The van der Waals surface area contributed by atoms with E-state index in [2.05, 4.69) is 19.9 Å². The van der Waals surface area contributed by atoms with Gasteiger partial charge in [-0.15, -0.1) is 0 Å². The van der Waals surface area contributed by atoms with E-state index in [4.69, 9.17) is 19.9 Å². The number of benzene rings is 1.